The highest BCUT2D eigenvalue weighted by Gasteiger charge is 2.73. The molecule has 5 aliphatic carbocycles. The van der Waals surface area contributed by atoms with E-state index in [4.69, 9.17) is 9.47 Å². The monoisotopic (exact) mass is 558 g/mol. The van der Waals surface area contributed by atoms with Crippen LogP contribution in [0.2, 0.25) is 0 Å². The molecule has 0 bridgehead atoms. The fourth-order valence-corrected chi connectivity index (χ4v) is 12.2. The first kappa shape index (κ1) is 29.6. The standard InChI is InChI=1S/C33H50O7/c1-18(34)21-11-14-33(28(37)38)16-15-31(7)22(26(21)33)9-10-25-30(6)17-23(39-19(2)35)27(40-20(3)36)29(4,5)24(30)12-13-32(25,31)8/h21-27H,9-17H2,1-8H3,(H,37,38)/t21-,22+,23-,24-,25+,26+,27-,30-,31+,32+,33-/m0/s1. The summed E-state index contributed by atoms with van der Waals surface area (Å²) in [6.07, 6.45) is 6.36. The third-order valence-electron chi connectivity index (χ3n) is 13.9. The molecule has 0 spiro atoms. The van der Waals surface area contributed by atoms with Crippen LogP contribution < -0.4 is 0 Å². The summed E-state index contributed by atoms with van der Waals surface area (Å²) in [7, 11) is 0. The van der Waals surface area contributed by atoms with E-state index in [1.807, 2.05) is 0 Å². The summed E-state index contributed by atoms with van der Waals surface area (Å²) in [5.74, 6) is -0.705. The minimum Gasteiger partial charge on any atom is -0.481 e. The Morgan fingerprint density at radius 1 is 0.725 bits per heavy atom. The van der Waals surface area contributed by atoms with Crippen LogP contribution >= 0.6 is 0 Å². The van der Waals surface area contributed by atoms with Crippen molar-refractivity contribution in [3.63, 3.8) is 0 Å². The molecule has 5 saturated carbocycles. The number of ether oxygens (including phenoxy) is 2. The van der Waals surface area contributed by atoms with Crippen molar-refractivity contribution in [1.29, 1.82) is 0 Å². The van der Waals surface area contributed by atoms with Crippen molar-refractivity contribution in [2.45, 2.75) is 125 Å². The van der Waals surface area contributed by atoms with E-state index in [-0.39, 0.29) is 63.1 Å². The molecule has 0 unspecified atom stereocenters. The van der Waals surface area contributed by atoms with E-state index in [9.17, 15) is 24.3 Å². The summed E-state index contributed by atoms with van der Waals surface area (Å²) in [6.45, 7) is 16.1. The average molecular weight is 559 g/mol. The van der Waals surface area contributed by atoms with Gasteiger partial charge in [-0.25, -0.2) is 0 Å². The minimum atomic E-state index is -0.782. The maximum Gasteiger partial charge on any atom is 0.309 e. The van der Waals surface area contributed by atoms with Gasteiger partial charge in [-0.1, -0.05) is 34.6 Å². The van der Waals surface area contributed by atoms with Gasteiger partial charge in [0.05, 0.1) is 5.41 Å². The zero-order valence-electron chi connectivity index (χ0n) is 25.8. The lowest BCUT2D eigenvalue weighted by atomic mass is 9.32. The van der Waals surface area contributed by atoms with Gasteiger partial charge < -0.3 is 14.6 Å². The molecule has 5 rings (SSSR count). The molecule has 0 aliphatic heterocycles. The lowest BCUT2D eigenvalue weighted by molar-refractivity contribution is -0.268. The molecule has 0 amide bonds. The molecule has 11 atom stereocenters. The van der Waals surface area contributed by atoms with E-state index >= 15 is 0 Å². The molecule has 5 fully saturated rings. The molecular weight excluding hydrogens is 508 g/mol. The molecule has 0 aromatic rings. The second-order valence-corrected chi connectivity index (χ2v) is 15.6. The molecule has 7 nitrogen and oxygen atoms in total. The second-order valence-electron chi connectivity index (χ2n) is 15.6. The highest BCUT2D eigenvalue weighted by Crippen LogP contribution is 2.77. The topological polar surface area (TPSA) is 107 Å². The van der Waals surface area contributed by atoms with Crippen LogP contribution in [-0.2, 0) is 28.7 Å². The van der Waals surface area contributed by atoms with Crippen molar-refractivity contribution in [3.05, 3.63) is 0 Å². The summed E-state index contributed by atoms with van der Waals surface area (Å²) in [6, 6.07) is 0. The fourth-order valence-electron chi connectivity index (χ4n) is 12.2. The smallest absolute Gasteiger partial charge is 0.309 e. The van der Waals surface area contributed by atoms with Crippen LogP contribution in [0.5, 0.6) is 0 Å². The number of ketones is 1. The number of hydrogen-bond acceptors (Lipinski definition) is 6. The Morgan fingerprint density at radius 3 is 1.95 bits per heavy atom. The van der Waals surface area contributed by atoms with Gasteiger partial charge >= 0.3 is 17.9 Å². The summed E-state index contributed by atoms with van der Waals surface area (Å²) >= 11 is 0. The van der Waals surface area contributed by atoms with Crippen molar-refractivity contribution in [2.75, 3.05) is 0 Å². The highest BCUT2D eigenvalue weighted by molar-refractivity contribution is 5.83. The van der Waals surface area contributed by atoms with Crippen LogP contribution in [0, 0.1) is 56.7 Å². The minimum absolute atomic E-state index is 0.0408. The molecule has 1 N–H and O–H groups in total. The van der Waals surface area contributed by atoms with Crippen molar-refractivity contribution in [1.82, 2.24) is 0 Å². The summed E-state index contributed by atoms with van der Waals surface area (Å²) in [5.41, 5.74) is -1.43. The zero-order chi connectivity index (χ0) is 29.6. The predicted octanol–water partition coefficient (Wildman–Crippen LogP) is 6.21. The van der Waals surface area contributed by atoms with Gasteiger partial charge in [-0.15, -0.1) is 0 Å². The SMILES string of the molecule is CC(=O)O[C@H]1C[C@]2(C)[C@H]3CC[C@@H]4[C@H]5[C@H](C(C)=O)CC[C@]5(C(=O)O)CC[C@@]4(C)[C@]3(C)CC[C@H]2C(C)(C)[C@H]1OC(C)=O. The van der Waals surface area contributed by atoms with E-state index in [0.29, 0.717) is 31.6 Å². The van der Waals surface area contributed by atoms with Gasteiger partial charge in [0.1, 0.15) is 18.0 Å². The first-order chi connectivity index (χ1) is 18.5. The summed E-state index contributed by atoms with van der Waals surface area (Å²) in [5, 5.41) is 10.5. The van der Waals surface area contributed by atoms with Crippen LogP contribution in [0.3, 0.4) is 0 Å². The Balaban J connectivity index is 1.56. The number of aliphatic carboxylic acids is 1. The second kappa shape index (κ2) is 9.29. The average Bonchev–Trinajstić information content (AvgIpc) is 3.23. The van der Waals surface area contributed by atoms with Crippen LogP contribution in [0.15, 0.2) is 0 Å². The normalized spacial score (nSPS) is 49.0. The predicted molar refractivity (Wildman–Crippen MR) is 149 cm³/mol. The summed E-state index contributed by atoms with van der Waals surface area (Å²) < 4.78 is 11.8. The van der Waals surface area contributed by atoms with Crippen molar-refractivity contribution in [3.8, 4) is 0 Å². The molecule has 5 aliphatic rings. The first-order valence-corrected chi connectivity index (χ1v) is 15.5. The molecule has 0 aromatic carbocycles. The van der Waals surface area contributed by atoms with Crippen molar-refractivity contribution < 1.29 is 33.8 Å². The molecule has 0 heterocycles. The molecular formula is C33H50O7. The maximum absolute atomic E-state index is 12.9. The molecule has 0 saturated heterocycles. The number of esters is 2. The van der Waals surface area contributed by atoms with Crippen molar-refractivity contribution in [2.24, 2.45) is 56.7 Å². The van der Waals surface area contributed by atoms with Gasteiger partial charge in [0.25, 0.3) is 0 Å². The molecule has 0 aromatic heterocycles. The largest absolute Gasteiger partial charge is 0.481 e. The number of hydrogen-bond donors (Lipinski definition) is 1. The Labute approximate surface area is 239 Å². The van der Waals surface area contributed by atoms with Gasteiger partial charge in [0.2, 0.25) is 0 Å². The maximum atomic E-state index is 12.9. The van der Waals surface area contributed by atoms with E-state index in [2.05, 4.69) is 34.6 Å². The van der Waals surface area contributed by atoms with Gasteiger partial charge in [-0.3, -0.25) is 19.2 Å². The quantitative estimate of drug-likeness (QED) is 0.409. The third-order valence-corrected chi connectivity index (χ3v) is 13.9. The Hall–Kier alpha value is -1.92. The lowest BCUT2D eigenvalue weighted by Crippen LogP contribution is -2.69. The Bertz CT molecular complexity index is 1110. The Morgan fingerprint density at radius 2 is 1.38 bits per heavy atom. The fraction of sp³-hybridized carbons (Fsp3) is 0.879. The molecule has 7 heteroatoms. The molecule has 0 radical (unpaired) electrons. The van der Waals surface area contributed by atoms with E-state index in [1.54, 1.807) is 6.92 Å². The van der Waals surface area contributed by atoms with Crippen LogP contribution in [0.25, 0.3) is 0 Å². The number of carbonyl (C=O) groups is 4. The third kappa shape index (κ3) is 3.80. The van der Waals surface area contributed by atoms with Gasteiger partial charge in [-0.2, -0.15) is 0 Å². The van der Waals surface area contributed by atoms with Crippen LogP contribution in [0.1, 0.15) is 113 Å². The first-order valence-electron chi connectivity index (χ1n) is 15.5. The van der Waals surface area contributed by atoms with Crippen LogP contribution in [0.4, 0.5) is 0 Å². The lowest BCUT2D eigenvalue weighted by Gasteiger charge is -2.73. The van der Waals surface area contributed by atoms with E-state index < -0.39 is 23.6 Å². The number of carboxylic acids is 1. The number of Topliss-reactive ketones (excluding diaryl/α,β-unsaturated/α-hetero) is 1. The highest BCUT2D eigenvalue weighted by atomic mass is 16.6. The Kier molecular flexibility index (Phi) is 6.87. The molecule has 224 valence electrons. The van der Waals surface area contributed by atoms with Gasteiger partial charge in [0.15, 0.2) is 0 Å². The van der Waals surface area contributed by atoms with Crippen LogP contribution in [-0.4, -0.2) is 41.0 Å². The number of carboxylic acid groups (broad SMARTS) is 1. The van der Waals surface area contributed by atoms with Gasteiger partial charge in [-0.05, 0) is 105 Å². The molecule has 40 heavy (non-hydrogen) atoms. The van der Waals surface area contributed by atoms with Gasteiger partial charge in [0, 0.05) is 25.2 Å². The zero-order valence-corrected chi connectivity index (χ0v) is 25.8. The van der Waals surface area contributed by atoms with E-state index in [0.717, 1.165) is 32.1 Å². The number of carbonyl (C=O) groups excluding carboxylic acids is 3. The number of rotatable bonds is 4. The number of fused-ring (bicyclic) bond motifs is 7. The van der Waals surface area contributed by atoms with E-state index in [1.165, 1.54) is 13.8 Å². The van der Waals surface area contributed by atoms with Crippen molar-refractivity contribution >= 4 is 23.7 Å². The summed E-state index contributed by atoms with van der Waals surface area (Å²) in [4.78, 5) is 50.1.